The van der Waals surface area contributed by atoms with Gasteiger partial charge in [-0.05, 0) is 41.3 Å². The molecule has 0 saturated heterocycles. The topological polar surface area (TPSA) is 63.6 Å². The van der Waals surface area contributed by atoms with Gasteiger partial charge in [0.25, 0.3) is 0 Å². The van der Waals surface area contributed by atoms with Gasteiger partial charge in [-0.1, -0.05) is 85.5 Å². The molecular formula is C31H26O4. The molecule has 0 fully saturated rings. The van der Waals surface area contributed by atoms with Crippen molar-refractivity contribution in [2.24, 2.45) is 5.92 Å². The third-order valence-electron chi connectivity index (χ3n) is 7.32. The number of phenols is 1. The SMILES string of the molecule is C=CC1=CC[C@H]2C(=O)C(c3ccccc3)=CC(=O)[C@@]2(c2ccccc2)[C@H]1c1c(O)cccc1OC. The zero-order valence-corrected chi connectivity index (χ0v) is 19.5. The van der Waals surface area contributed by atoms with Crippen LogP contribution < -0.4 is 4.74 Å². The van der Waals surface area contributed by atoms with Gasteiger partial charge in [-0.2, -0.15) is 0 Å². The minimum Gasteiger partial charge on any atom is -0.508 e. The summed E-state index contributed by atoms with van der Waals surface area (Å²) < 4.78 is 5.65. The highest BCUT2D eigenvalue weighted by Crippen LogP contribution is 2.59. The van der Waals surface area contributed by atoms with Crippen LogP contribution in [-0.4, -0.2) is 23.8 Å². The number of carbonyl (C=O) groups is 2. The largest absolute Gasteiger partial charge is 0.508 e. The van der Waals surface area contributed by atoms with E-state index in [0.717, 1.165) is 16.7 Å². The van der Waals surface area contributed by atoms with Crippen molar-refractivity contribution in [3.8, 4) is 11.5 Å². The maximum atomic E-state index is 14.4. The highest BCUT2D eigenvalue weighted by atomic mass is 16.5. The Balaban J connectivity index is 1.86. The van der Waals surface area contributed by atoms with E-state index < -0.39 is 17.3 Å². The molecule has 3 aromatic rings. The van der Waals surface area contributed by atoms with Crippen LogP contribution in [0.1, 0.15) is 29.0 Å². The highest BCUT2D eigenvalue weighted by Gasteiger charge is 2.60. The number of methoxy groups -OCH3 is 1. The van der Waals surface area contributed by atoms with Crippen LogP contribution in [0.15, 0.2) is 109 Å². The minimum atomic E-state index is -1.26. The van der Waals surface area contributed by atoms with Gasteiger partial charge in [-0.25, -0.2) is 0 Å². The summed E-state index contributed by atoms with van der Waals surface area (Å²) in [5.41, 5.74) is 1.87. The zero-order chi connectivity index (χ0) is 24.6. The van der Waals surface area contributed by atoms with Gasteiger partial charge in [0.1, 0.15) is 11.5 Å². The van der Waals surface area contributed by atoms with Crippen molar-refractivity contribution >= 4 is 17.1 Å². The lowest BCUT2D eigenvalue weighted by atomic mass is 9.49. The predicted molar refractivity (Wildman–Crippen MR) is 136 cm³/mol. The Morgan fingerprint density at radius 3 is 2.31 bits per heavy atom. The Hall–Kier alpha value is -4.18. The molecule has 0 heterocycles. The summed E-state index contributed by atoms with van der Waals surface area (Å²) in [4.78, 5) is 28.5. The summed E-state index contributed by atoms with van der Waals surface area (Å²) in [6.45, 7) is 4.01. The lowest BCUT2D eigenvalue weighted by Gasteiger charge is -2.50. The van der Waals surface area contributed by atoms with E-state index in [4.69, 9.17) is 4.74 Å². The van der Waals surface area contributed by atoms with Crippen molar-refractivity contribution in [2.75, 3.05) is 7.11 Å². The minimum absolute atomic E-state index is 0.0103. The molecule has 0 saturated carbocycles. The number of ketones is 2. The van der Waals surface area contributed by atoms with E-state index in [1.807, 2.05) is 66.7 Å². The summed E-state index contributed by atoms with van der Waals surface area (Å²) in [6.07, 6.45) is 5.56. The van der Waals surface area contributed by atoms with Gasteiger partial charge in [0, 0.05) is 23.0 Å². The number of allylic oxidation sites excluding steroid dienone is 5. The molecule has 0 unspecified atom stereocenters. The molecule has 0 bridgehead atoms. The fourth-order valence-electron chi connectivity index (χ4n) is 5.82. The number of hydrogen-bond donors (Lipinski definition) is 1. The third kappa shape index (κ3) is 3.36. The molecule has 0 spiro atoms. The van der Waals surface area contributed by atoms with Crippen LogP contribution in [0.3, 0.4) is 0 Å². The summed E-state index contributed by atoms with van der Waals surface area (Å²) in [7, 11) is 1.53. The van der Waals surface area contributed by atoms with E-state index in [2.05, 4.69) is 6.58 Å². The van der Waals surface area contributed by atoms with Crippen LogP contribution in [-0.2, 0) is 15.0 Å². The van der Waals surface area contributed by atoms with E-state index in [9.17, 15) is 14.7 Å². The van der Waals surface area contributed by atoms with Gasteiger partial charge in [0.05, 0.1) is 12.5 Å². The van der Waals surface area contributed by atoms with Gasteiger partial charge in [-0.3, -0.25) is 9.59 Å². The molecule has 2 aliphatic carbocycles. The van der Waals surface area contributed by atoms with Crippen LogP contribution in [0.25, 0.3) is 5.57 Å². The fourth-order valence-corrected chi connectivity index (χ4v) is 5.82. The average Bonchev–Trinajstić information content (AvgIpc) is 2.90. The first-order chi connectivity index (χ1) is 17.0. The smallest absolute Gasteiger partial charge is 0.168 e. The van der Waals surface area contributed by atoms with E-state index in [1.165, 1.54) is 13.2 Å². The first kappa shape index (κ1) is 22.6. The Morgan fingerprint density at radius 1 is 0.971 bits per heavy atom. The molecule has 3 aromatic carbocycles. The average molecular weight is 463 g/mol. The van der Waals surface area contributed by atoms with Crippen molar-refractivity contribution < 1.29 is 19.4 Å². The number of aromatic hydroxyl groups is 1. The molecule has 1 N–H and O–H groups in total. The van der Waals surface area contributed by atoms with Crippen LogP contribution in [0.4, 0.5) is 0 Å². The van der Waals surface area contributed by atoms with Crippen molar-refractivity contribution in [3.63, 3.8) is 0 Å². The second-order valence-electron chi connectivity index (χ2n) is 8.91. The Bertz CT molecular complexity index is 1370. The van der Waals surface area contributed by atoms with Crippen LogP contribution in [0, 0.1) is 5.92 Å². The van der Waals surface area contributed by atoms with Gasteiger partial charge < -0.3 is 9.84 Å². The van der Waals surface area contributed by atoms with E-state index in [0.29, 0.717) is 23.3 Å². The Labute approximate surface area is 204 Å². The van der Waals surface area contributed by atoms with Crippen molar-refractivity contribution in [2.45, 2.75) is 17.8 Å². The maximum absolute atomic E-state index is 14.4. The molecule has 174 valence electrons. The monoisotopic (exact) mass is 462 g/mol. The number of benzene rings is 3. The summed E-state index contributed by atoms with van der Waals surface area (Å²) in [5, 5.41) is 11.1. The van der Waals surface area contributed by atoms with Crippen LogP contribution in [0.2, 0.25) is 0 Å². The number of rotatable bonds is 5. The molecule has 35 heavy (non-hydrogen) atoms. The maximum Gasteiger partial charge on any atom is 0.168 e. The normalized spacial score (nSPS) is 23.7. The second-order valence-corrected chi connectivity index (χ2v) is 8.91. The van der Waals surface area contributed by atoms with Crippen molar-refractivity contribution in [1.29, 1.82) is 0 Å². The lowest BCUT2D eigenvalue weighted by molar-refractivity contribution is -0.131. The summed E-state index contributed by atoms with van der Waals surface area (Å²) in [5.74, 6) is -1.11. The number of hydrogen-bond acceptors (Lipinski definition) is 4. The zero-order valence-electron chi connectivity index (χ0n) is 19.5. The highest BCUT2D eigenvalue weighted by molar-refractivity contribution is 6.31. The number of fused-ring (bicyclic) bond motifs is 1. The molecule has 2 aliphatic rings. The van der Waals surface area contributed by atoms with Crippen molar-refractivity contribution in [3.05, 3.63) is 126 Å². The van der Waals surface area contributed by atoms with Gasteiger partial charge in [0.2, 0.25) is 0 Å². The predicted octanol–water partition coefficient (Wildman–Crippen LogP) is 5.79. The molecule has 4 nitrogen and oxygen atoms in total. The standard InChI is InChI=1S/C31H26O4/c1-3-20-17-18-24-30(34)23(21-11-6-4-7-12-21)19-27(33)31(24,22-13-8-5-9-14-22)29(20)28-25(32)15-10-16-26(28)35-2/h3-17,19,24,29,32H,1,18H2,2H3/t24-,29+,31-/m0/s1. The second kappa shape index (κ2) is 8.88. The van der Waals surface area contributed by atoms with Crippen LogP contribution >= 0.6 is 0 Å². The summed E-state index contributed by atoms with van der Waals surface area (Å²) in [6, 6.07) is 23.8. The molecule has 4 heteroatoms. The quantitative estimate of drug-likeness (QED) is 0.521. The molecule has 0 radical (unpaired) electrons. The molecule has 5 rings (SSSR count). The number of phenolic OH excluding ortho intramolecular Hbond substituents is 1. The lowest BCUT2D eigenvalue weighted by Crippen LogP contribution is -2.54. The molecular weight excluding hydrogens is 436 g/mol. The molecule has 0 aromatic heterocycles. The van der Waals surface area contributed by atoms with E-state index in [1.54, 1.807) is 24.3 Å². The van der Waals surface area contributed by atoms with Gasteiger partial charge in [-0.15, -0.1) is 0 Å². The number of Topliss-reactive ketones (excluding diaryl/α,β-unsaturated/α-hetero) is 1. The number of ether oxygens (including phenoxy) is 1. The van der Waals surface area contributed by atoms with Gasteiger partial charge in [0.15, 0.2) is 11.6 Å². The third-order valence-corrected chi connectivity index (χ3v) is 7.32. The molecule has 0 aliphatic heterocycles. The van der Waals surface area contributed by atoms with Crippen LogP contribution in [0.5, 0.6) is 11.5 Å². The molecule has 0 amide bonds. The van der Waals surface area contributed by atoms with Gasteiger partial charge >= 0.3 is 0 Å². The fraction of sp³-hybridized carbons (Fsp3) is 0.161. The van der Waals surface area contributed by atoms with E-state index in [-0.39, 0.29) is 17.3 Å². The van der Waals surface area contributed by atoms with E-state index >= 15 is 0 Å². The first-order valence-corrected chi connectivity index (χ1v) is 11.6. The van der Waals surface area contributed by atoms with Crippen molar-refractivity contribution in [1.82, 2.24) is 0 Å². The molecule has 3 atom stereocenters. The Kier molecular flexibility index (Phi) is 5.73. The first-order valence-electron chi connectivity index (χ1n) is 11.6. The summed E-state index contributed by atoms with van der Waals surface area (Å²) >= 11 is 0. The number of carbonyl (C=O) groups excluding carboxylic acids is 2. The Morgan fingerprint density at radius 2 is 1.66 bits per heavy atom.